The molecule has 0 atom stereocenters. The average molecular weight is 343 g/mol. The SMILES string of the molecule is CCNC(=NCc1cc(C#N)ccc1F)NC1CCN(C2CC2)CC1. The fourth-order valence-corrected chi connectivity index (χ4v) is 3.29. The summed E-state index contributed by atoms with van der Waals surface area (Å²) in [6, 6.07) is 7.66. The van der Waals surface area contributed by atoms with Crippen LogP contribution in [0.4, 0.5) is 4.39 Å². The predicted octanol–water partition coefficient (Wildman–Crippen LogP) is 2.38. The summed E-state index contributed by atoms with van der Waals surface area (Å²) in [6.07, 6.45) is 4.93. The van der Waals surface area contributed by atoms with Crippen LogP contribution in [-0.4, -0.2) is 42.6 Å². The normalized spacial score (nSPS) is 19.5. The summed E-state index contributed by atoms with van der Waals surface area (Å²) in [6.45, 7) is 5.27. The Hall–Kier alpha value is -2.13. The van der Waals surface area contributed by atoms with Gasteiger partial charge in [-0.1, -0.05) is 0 Å². The summed E-state index contributed by atoms with van der Waals surface area (Å²) in [5.74, 6) is 0.394. The third-order valence-corrected chi connectivity index (χ3v) is 4.86. The van der Waals surface area contributed by atoms with Crippen LogP contribution in [0.3, 0.4) is 0 Å². The Morgan fingerprint density at radius 1 is 1.32 bits per heavy atom. The molecule has 25 heavy (non-hydrogen) atoms. The quantitative estimate of drug-likeness (QED) is 0.636. The van der Waals surface area contributed by atoms with E-state index < -0.39 is 0 Å². The maximum Gasteiger partial charge on any atom is 0.191 e. The summed E-state index contributed by atoms with van der Waals surface area (Å²) < 4.78 is 13.9. The van der Waals surface area contributed by atoms with Crippen molar-refractivity contribution in [1.82, 2.24) is 15.5 Å². The zero-order chi connectivity index (χ0) is 17.6. The fourth-order valence-electron chi connectivity index (χ4n) is 3.29. The number of benzene rings is 1. The first-order valence-electron chi connectivity index (χ1n) is 9.17. The van der Waals surface area contributed by atoms with Crippen LogP contribution in [-0.2, 0) is 6.54 Å². The van der Waals surface area contributed by atoms with E-state index in [1.165, 1.54) is 25.0 Å². The van der Waals surface area contributed by atoms with Gasteiger partial charge in [0, 0.05) is 37.3 Å². The number of halogens is 1. The second-order valence-electron chi connectivity index (χ2n) is 6.80. The number of nitrogens with zero attached hydrogens (tertiary/aromatic N) is 3. The molecule has 1 aliphatic carbocycles. The standard InChI is InChI=1S/C19H26FN5/c1-2-22-19(23-13-15-11-14(12-21)3-6-18(15)20)24-16-7-9-25(10-8-16)17-4-5-17/h3,6,11,16-17H,2,4-5,7-10,13H2,1H3,(H2,22,23,24). The number of hydrogen-bond donors (Lipinski definition) is 2. The summed E-state index contributed by atoms with van der Waals surface area (Å²) in [7, 11) is 0. The number of piperidine rings is 1. The van der Waals surface area contributed by atoms with Crippen LogP contribution in [0.1, 0.15) is 43.7 Å². The lowest BCUT2D eigenvalue weighted by atomic mass is 10.1. The van der Waals surface area contributed by atoms with Gasteiger partial charge in [-0.3, -0.25) is 0 Å². The maximum absolute atomic E-state index is 13.9. The molecule has 0 spiro atoms. The Morgan fingerprint density at radius 2 is 2.08 bits per heavy atom. The Balaban J connectivity index is 1.58. The van der Waals surface area contributed by atoms with Crippen molar-refractivity contribution in [3.05, 3.63) is 35.1 Å². The zero-order valence-corrected chi connectivity index (χ0v) is 14.8. The Kier molecular flexibility index (Phi) is 5.87. The second-order valence-corrected chi connectivity index (χ2v) is 6.80. The molecular weight excluding hydrogens is 317 g/mol. The van der Waals surface area contributed by atoms with Crippen molar-refractivity contribution < 1.29 is 4.39 Å². The van der Waals surface area contributed by atoms with E-state index in [2.05, 4.69) is 20.5 Å². The van der Waals surface area contributed by atoms with Crippen molar-refractivity contribution in [1.29, 1.82) is 5.26 Å². The molecule has 0 aromatic heterocycles. The van der Waals surface area contributed by atoms with Gasteiger partial charge < -0.3 is 15.5 Å². The van der Waals surface area contributed by atoms with E-state index in [1.807, 2.05) is 13.0 Å². The number of hydrogen-bond acceptors (Lipinski definition) is 3. The smallest absolute Gasteiger partial charge is 0.191 e. The Bertz CT molecular complexity index is 654. The summed E-state index contributed by atoms with van der Waals surface area (Å²) in [5.41, 5.74) is 0.900. The lowest BCUT2D eigenvalue weighted by molar-refractivity contribution is 0.197. The molecule has 1 aliphatic heterocycles. The van der Waals surface area contributed by atoms with Crippen molar-refractivity contribution in [2.45, 2.75) is 51.2 Å². The van der Waals surface area contributed by atoms with Gasteiger partial charge in [0.1, 0.15) is 5.82 Å². The number of aliphatic imine (C=N–C) groups is 1. The van der Waals surface area contributed by atoms with E-state index in [4.69, 9.17) is 5.26 Å². The van der Waals surface area contributed by atoms with Crippen molar-refractivity contribution in [3.8, 4) is 6.07 Å². The molecule has 6 heteroatoms. The highest BCUT2D eigenvalue weighted by atomic mass is 19.1. The molecule has 3 rings (SSSR count). The van der Waals surface area contributed by atoms with Gasteiger partial charge in [0.2, 0.25) is 0 Å². The van der Waals surface area contributed by atoms with E-state index >= 15 is 0 Å². The Labute approximate surface area is 148 Å². The largest absolute Gasteiger partial charge is 0.357 e. The Morgan fingerprint density at radius 3 is 2.72 bits per heavy atom. The zero-order valence-electron chi connectivity index (χ0n) is 14.8. The average Bonchev–Trinajstić information content (AvgIpc) is 3.47. The molecule has 1 aromatic rings. The molecule has 1 saturated carbocycles. The number of guanidine groups is 1. The summed E-state index contributed by atoms with van der Waals surface area (Å²) in [5, 5.41) is 15.7. The van der Waals surface area contributed by atoms with Gasteiger partial charge in [-0.05, 0) is 50.8 Å². The molecule has 1 heterocycles. The van der Waals surface area contributed by atoms with Gasteiger partial charge in [-0.25, -0.2) is 9.38 Å². The lowest BCUT2D eigenvalue weighted by Gasteiger charge is -2.33. The van der Waals surface area contributed by atoms with E-state index in [0.717, 1.165) is 38.5 Å². The fraction of sp³-hybridized carbons (Fsp3) is 0.579. The molecule has 0 unspecified atom stereocenters. The summed E-state index contributed by atoms with van der Waals surface area (Å²) in [4.78, 5) is 7.10. The van der Waals surface area contributed by atoms with Crippen LogP contribution in [0.25, 0.3) is 0 Å². The molecule has 0 amide bonds. The van der Waals surface area contributed by atoms with E-state index in [9.17, 15) is 4.39 Å². The van der Waals surface area contributed by atoms with Crippen molar-refractivity contribution in [2.75, 3.05) is 19.6 Å². The number of nitriles is 1. The summed E-state index contributed by atoms with van der Waals surface area (Å²) >= 11 is 0. The van der Waals surface area contributed by atoms with Gasteiger partial charge in [-0.2, -0.15) is 5.26 Å². The highest BCUT2D eigenvalue weighted by Gasteiger charge is 2.31. The second kappa shape index (κ2) is 8.30. The number of likely N-dealkylation sites (tertiary alicyclic amines) is 1. The van der Waals surface area contributed by atoms with Crippen LogP contribution < -0.4 is 10.6 Å². The van der Waals surface area contributed by atoms with Crippen LogP contribution >= 0.6 is 0 Å². The number of rotatable bonds is 5. The monoisotopic (exact) mass is 343 g/mol. The molecule has 2 aliphatic rings. The van der Waals surface area contributed by atoms with Gasteiger partial charge in [-0.15, -0.1) is 0 Å². The molecule has 0 bridgehead atoms. The third-order valence-electron chi connectivity index (χ3n) is 4.86. The molecule has 0 radical (unpaired) electrons. The molecule has 1 aromatic carbocycles. The number of nitrogens with one attached hydrogen (secondary N) is 2. The third kappa shape index (κ3) is 4.93. The van der Waals surface area contributed by atoms with Crippen LogP contribution in [0.2, 0.25) is 0 Å². The molecule has 1 saturated heterocycles. The minimum absolute atomic E-state index is 0.220. The molecule has 5 nitrogen and oxygen atoms in total. The maximum atomic E-state index is 13.9. The highest BCUT2D eigenvalue weighted by molar-refractivity contribution is 5.80. The van der Waals surface area contributed by atoms with E-state index in [0.29, 0.717) is 23.1 Å². The van der Waals surface area contributed by atoms with Crippen LogP contribution in [0.5, 0.6) is 0 Å². The highest BCUT2D eigenvalue weighted by Crippen LogP contribution is 2.29. The first-order valence-corrected chi connectivity index (χ1v) is 9.17. The van der Waals surface area contributed by atoms with Crippen molar-refractivity contribution >= 4 is 5.96 Å². The minimum Gasteiger partial charge on any atom is -0.357 e. The minimum atomic E-state index is -0.323. The van der Waals surface area contributed by atoms with Crippen molar-refractivity contribution in [2.24, 2.45) is 4.99 Å². The first kappa shape index (κ1) is 17.7. The predicted molar refractivity (Wildman–Crippen MR) is 96.7 cm³/mol. The molecule has 2 N–H and O–H groups in total. The van der Waals surface area contributed by atoms with Gasteiger partial charge in [0.05, 0.1) is 18.2 Å². The van der Waals surface area contributed by atoms with Crippen LogP contribution in [0, 0.1) is 17.1 Å². The van der Waals surface area contributed by atoms with Gasteiger partial charge in [0.15, 0.2) is 5.96 Å². The van der Waals surface area contributed by atoms with Crippen LogP contribution in [0.15, 0.2) is 23.2 Å². The van der Waals surface area contributed by atoms with Gasteiger partial charge in [0.25, 0.3) is 0 Å². The van der Waals surface area contributed by atoms with Crippen molar-refractivity contribution in [3.63, 3.8) is 0 Å². The van der Waals surface area contributed by atoms with E-state index in [-0.39, 0.29) is 12.4 Å². The van der Waals surface area contributed by atoms with E-state index in [1.54, 1.807) is 6.07 Å². The first-order chi connectivity index (χ1) is 12.2. The molecular formula is C19H26FN5. The molecule has 2 fully saturated rings. The van der Waals surface area contributed by atoms with Gasteiger partial charge >= 0.3 is 0 Å². The topological polar surface area (TPSA) is 63.5 Å². The molecule has 134 valence electrons. The lowest BCUT2D eigenvalue weighted by Crippen LogP contribution is -2.49.